The van der Waals surface area contributed by atoms with E-state index >= 15 is 0 Å². The van der Waals surface area contributed by atoms with E-state index in [2.05, 4.69) is 15.3 Å². The van der Waals surface area contributed by atoms with Gasteiger partial charge in [0.25, 0.3) is 0 Å². The van der Waals surface area contributed by atoms with Gasteiger partial charge in [0.15, 0.2) is 5.82 Å². The van der Waals surface area contributed by atoms with Crippen LogP contribution in [0.1, 0.15) is 23.7 Å². The smallest absolute Gasteiger partial charge is 0.227 e. The Morgan fingerprint density at radius 2 is 2.11 bits per heavy atom. The lowest BCUT2D eigenvalue weighted by atomic mass is 10.0. The molecule has 1 amide bonds. The molecular formula is C19H21FN6O. The molecule has 0 bridgehead atoms. The van der Waals surface area contributed by atoms with Gasteiger partial charge in [0, 0.05) is 44.4 Å². The highest BCUT2D eigenvalue weighted by Crippen LogP contribution is 2.29. The van der Waals surface area contributed by atoms with Gasteiger partial charge in [-0.2, -0.15) is 5.10 Å². The van der Waals surface area contributed by atoms with Gasteiger partial charge >= 0.3 is 0 Å². The number of hydrogen-bond acceptors (Lipinski definition) is 4. The van der Waals surface area contributed by atoms with Crippen LogP contribution in [0.2, 0.25) is 0 Å². The zero-order chi connectivity index (χ0) is 19.0. The molecule has 3 heterocycles. The fraction of sp³-hybridized carbons (Fsp3) is 0.368. The van der Waals surface area contributed by atoms with Crippen molar-refractivity contribution in [1.29, 1.82) is 0 Å². The zero-order valence-corrected chi connectivity index (χ0v) is 15.4. The number of hydrogen-bond donors (Lipinski definition) is 0. The van der Waals surface area contributed by atoms with Gasteiger partial charge in [-0.3, -0.25) is 9.48 Å². The lowest BCUT2D eigenvalue weighted by molar-refractivity contribution is -0.131. The van der Waals surface area contributed by atoms with E-state index < -0.39 is 0 Å². The number of carbonyl (C=O) groups excluding carboxylic acids is 1. The number of nitrogens with zero attached hydrogens (tertiary/aromatic N) is 6. The third kappa shape index (κ3) is 3.11. The van der Waals surface area contributed by atoms with E-state index in [1.165, 1.54) is 6.07 Å². The summed E-state index contributed by atoms with van der Waals surface area (Å²) in [5.41, 5.74) is 3.28. The van der Waals surface area contributed by atoms with Crippen LogP contribution in [0.15, 0.2) is 30.6 Å². The van der Waals surface area contributed by atoms with Crippen LogP contribution in [0, 0.1) is 5.82 Å². The van der Waals surface area contributed by atoms with Crippen molar-refractivity contribution in [2.75, 3.05) is 6.54 Å². The number of carbonyl (C=O) groups is 1. The average molecular weight is 368 g/mol. The second-order valence-corrected chi connectivity index (χ2v) is 6.67. The van der Waals surface area contributed by atoms with Crippen molar-refractivity contribution in [3.8, 4) is 11.5 Å². The molecule has 0 N–H and O–H groups in total. The summed E-state index contributed by atoms with van der Waals surface area (Å²) < 4.78 is 17.7. The molecule has 2 aromatic heterocycles. The minimum absolute atomic E-state index is 0.0583. The quantitative estimate of drug-likeness (QED) is 0.706. The lowest BCUT2D eigenvalue weighted by Crippen LogP contribution is -2.37. The Hall–Kier alpha value is -3.03. The predicted molar refractivity (Wildman–Crippen MR) is 97.1 cm³/mol. The number of aromatic nitrogens is 5. The monoisotopic (exact) mass is 368 g/mol. The molecule has 0 saturated heterocycles. The van der Waals surface area contributed by atoms with Gasteiger partial charge in [-0.15, -0.1) is 10.2 Å². The lowest BCUT2D eigenvalue weighted by Gasteiger charge is -2.28. The van der Waals surface area contributed by atoms with Crippen LogP contribution in [0.25, 0.3) is 11.5 Å². The van der Waals surface area contributed by atoms with E-state index in [0.29, 0.717) is 30.9 Å². The van der Waals surface area contributed by atoms with Gasteiger partial charge in [0.2, 0.25) is 5.91 Å². The summed E-state index contributed by atoms with van der Waals surface area (Å²) in [7, 11) is 1.91. The molecule has 0 unspecified atom stereocenters. The molecule has 0 fully saturated rings. The largest absolute Gasteiger partial charge is 0.338 e. The Morgan fingerprint density at radius 3 is 2.89 bits per heavy atom. The number of rotatable bonds is 4. The minimum Gasteiger partial charge on any atom is -0.338 e. The predicted octanol–water partition coefficient (Wildman–Crippen LogP) is 1.96. The summed E-state index contributed by atoms with van der Waals surface area (Å²) in [6.07, 6.45) is 2.45. The Kier molecular flexibility index (Phi) is 4.47. The zero-order valence-electron chi connectivity index (χ0n) is 15.4. The third-order valence-electron chi connectivity index (χ3n) is 5.06. The van der Waals surface area contributed by atoms with E-state index in [4.69, 9.17) is 0 Å². The highest BCUT2D eigenvalue weighted by Gasteiger charge is 2.29. The standard InChI is InChI=1S/C19H21FN6O/c1-3-25-12-21-22-19(25)18-14-11-26(9-8-16(14)24(2)23-18)17(27)10-13-6-4-5-7-15(13)20/h4-7,12H,3,8-11H2,1-2H3. The first kappa shape index (κ1) is 17.4. The summed E-state index contributed by atoms with van der Waals surface area (Å²) >= 11 is 0. The Morgan fingerprint density at radius 1 is 1.30 bits per heavy atom. The Labute approximate surface area is 156 Å². The van der Waals surface area contributed by atoms with Crippen molar-refractivity contribution >= 4 is 5.91 Å². The molecule has 7 nitrogen and oxygen atoms in total. The van der Waals surface area contributed by atoms with Crippen LogP contribution in [0.4, 0.5) is 4.39 Å². The minimum atomic E-state index is -0.346. The molecule has 0 aliphatic carbocycles. The number of benzene rings is 1. The maximum atomic E-state index is 13.9. The SMILES string of the molecule is CCn1cnnc1-c1nn(C)c2c1CN(C(=O)Cc1ccccc1F)CC2. The fourth-order valence-electron chi connectivity index (χ4n) is 3.57. The molecule has 4 rings (SSSR count). The molecule has 8 heteroatoms. The van der Waals surface area contributed by atoms with Crippen molar-refractivity contribution in [1.82, 2.24) is 29.4 Å². The average Bonchev–Trinajstić information content (AvgIpc) is 3.27. The van der Waals surface area contributed by atoms with E-state index in [-0.39, 0.29) is 18.1 Å². The van der Waals surface area contributed by atoms with Crippen LogP contribution in [0.3, 0.4) is 0 Å². The van der Waals surface area contributed by atoms with Crippen LogP contribution in [-0.4, -0.2) is 41.9 Å². The molecule has 0 saturated carbocycles. The molecule has 1 aromatic carbocycles. The number of aryl methyl sites for hydroxylation is 2. The molecule has 1 aliphatic heterocycles. The van der Waals surface area contributed by atoms with Crippen LogP contribution >= 0.6 is 0 Å². The summed E-state index contributed by atoms with van der Waals surface area (Å²) in [6.45, 7) is 3.80. The van der Waals surface area contributed by atoms with Crippen LogP contribution in [0.5, 0.6) is 0 Å². The number of halogens is 1. The molecule has 27 heavy (non-hydrogen) atoms. The molecule has 140 valence electrons. The summed E-state index contributed by atoms with van der Waals surface area (Å²) in [6, 6.07) is 6.41. The molecule has 1 aliphatic rings. The third-order valence-corrected chi connectivity index (χ3v) is 5.06. The molecule has 3 aromatic rings. The highest BCUT2D eigenvalue weighted by molar-refractivity contribution is 5.79. The summed E-state index contributed by atoms with van der Waals surface area (Å²) in [4.78, 5) is 14.5. The normalized spacial score (nSPS) is 13.7. The maximum absolute atomic E-state index is 13.9. The highest BCUT2D eigenvalue weighted by atomic mass is 19.1. The van der Waals surface area contributed by atoms with Gasteiger partial charge < -0.3 is 9.47 Å². The van der Waals surface area contributed by atoms with Gasteiger partial charge in [-0.1, -0.05) is 18.2 Å². The van der Waals surface area contributed by atoms with Crippen molar-refractivity contribution < 1.29 is 9.18 Å². The maximum Gasteiger partial charge on any atom is 0.227 e. The van der Waals surface area contributed by atoms with E-state index in [1.54, 1.807) is 29.4 Å². The van der Waals surface area contributed by atoms with Gasteiger partial charge in [-0.05, 0) is 18.6 Å². The van der Waals surface area contributed by atoms with Crippen molar-refractivity contribution in [3.63, 3.8) is 0 Å². The molecule has 0 radical (unpaired) electrons. The first-order valence-corrected chi connectivity index (χ1v) is 9.02. The van der Waals surface area contributed by atoms with Crippen LogP contribution < -0.4 is 0 Å². The van der Waals surface area contributed by atoms with Gasteiger partial charge in [-0.25, -0.2) is 4.39 Å². The van der Waals surface area contributed by atoms with E-state index in [0.717, 1.165) is 23.5 Å². The summed E-state index contributed by atoms with van der Waals surface area (Å²) in [5.74, 6) is 0.275. The topological polar surface area (TPSA) is 68.8 Å². The van der Waals surface area contributed by atoms with Crippen molar-refractivity contribution in [2.24, 2.45) is 7.05 Å². The van der Waals surface area contributed by atoms with Crippen molar-refractivity contribution in [3.05, 3.63) is 53.2 Å². The van der Waals surface area contributed by atoms with E-state index in [1.807, 2.05) is 23.2 Å². The van der Waals surface area contributed by atoms with Crippen molar-refractivity contribution in [2.45, 2.75) is 32.9 Å². The van der Waals surface area contributed by atoms with Crippen LogP contribution in [-0.2, 0) is 37.8 Å². The number of amides is 1. The Balaban J connectivity index is 1.61. The molecule has 0 atom stereocenters. The Bertz CT molecular complexity index is 992. The molecule has 0 spiro atoms. The molecular weight excluding hydrogens is 347 g/mol. The first-order valence-electron chi connectivity index (χ1n) is 9.02. The fourth-order valence-corrected chi connectivity index (χ4v) is 3.57. The van der Waals surface area contributed by atoms with Gasteiger partial charge in [0.1, 0.15) is 17.8 Å². The van der Waals surface area contributed by atoms with Gasteiger partial charge in [0.05, 0.1) is 6.42 Å². The van der Waals surface area contributed by atoms with E-state index in [9.17, 15) is 9.18 Å². The first-order chi connectivity index (χ1) is 13.1. The second-order valence-electron chi connectivity index (χ2n) is 6.67. The second kappa shape index (κ2) is 6.94. The summed E-state index contributed by atoms with van der Waals surface area (Å²) in [5, 5.41) is 12.8. The number of fused-ring (bicyclic) bond motifs is 1.